The SMILES string of the molecule is CCN=C(NC1CC1c1cccc(Cl)c1)N1CCN(C(C)=O)CC1. The monoisotopic (exact) mass is 348 g/mol. The molecule has 0 radical (unpaired) electrons. The molecule has 1 aliphatic carbocycles. The van der Waals surface area contributed by atoms with Gasteiger partial charge in [-0.2, -0.15) is 0 Å². The van der Waals surface area contributed by atoms with Crippen molar-refractivity contribution in [2.75, 3.05) is 32.7 Å². The summed E-state index contributed by atoms with van der Waals surface area (Å²) in [5, 5.41) is 4.40. The highest BCUT2D eigenvalue weighted by Gasteiger charge is 2.40. The molecule has 6 heteroatoms. The predicted molar refractivity (Wildman–Crippen MR) is 97.5 cm³/mol. The van der Waals surface area contributed by atoms with Gasteiger partial charge in [-0.15, -0.1) is 0 Å². The van der Waals surface area contributed by atoms with Gasteiger partial charge < -0.3 is 15.1 Å². The molecule has 0 bridgehead atoms. The minimum atomic E-state index is 0.153. The molecule has 5 nitrogen and oxygen atoms in total. The average Bonchev–Trinajstić information content (AvgIpc) is 3.34. The molecule has 1 heterocycles. The summed E-state index contributed by atoms with van der Waals surface area (Å²) in [6.07, 6.45) is 1.11. The van der Waals surface area contributed by atoms with E-state index in [2.05, 4.69) is 34.3 Å². The number of halogens is 1. The maximum atomic E-state index is 11.5. The summed E-state index contributed by atoms with van der Waals surface area (Å²) in [6.45, 7) is 7.64. The lowest BCUT2D eigenvalue weighted by Crippen LogP contribution is -2.53. The highest BCUT2D eigenvalue weighted by Crippen LogP contribution is 2.41. The van der Waals surface area contributed by atoms with Crippen molar-refractivity contribution >= 4 is 23.5 Å². The van der Waals surface area contributed by atoms with E-state index in [0.717, 1.165) is 50.1 Å². The topological polar surface area (TPSA) is 47.9 Å². The van der Waals surface area contributed by atoms with E-state index in [9.17, 15) is 4.79 Å². The minimum Gasteiger partial charge on any atom is -0.353 e. The Hall–Kier alpha value is -1.75. The molecule has 3 rings (SSSR count). The Bertz CT molecular complexity index is 625. The normalized spacial score (nSPS) is 24.0. The molecule has 130 valence electrons. The Balaban J connectivity index is 1.58. The van der Waals surface area contributed by atoms with Crippen LogP contribution in [0.25, 0.3) is 0 Å². The number of carbonyl (C=O) groups excluding carboxylic acids is 1. The van der Waals surface area contributed by atoms with Gasteiger partial charge >= 0.3 is 0 Å². The van der Waals surface area contributed by atoms with Crippen LogP contribution in [0.1, 0.15) is 31.7 Å². The van der Waals surface area contributed by atoms with Gasteiger partial charge in [0.2, 0.25) is 5.91 Å². The maximum absolute atomic E-state index is 11.5. The van der Waals surface area contributed by atoms with Gasteiger partial charge in [0, 0.05) is 56.6 Å². The van der Waals surface area contributed by atoms with E-state index in [4.69, 9.17) is 11.6 Å². The van der Waals surface area contributed by atoms with Crippen molar-refractivity contribution < 1.29 is 4.79 Å². The molecule has 1 aromatic rings. The highest BCUT2D eigenvalue weighted by atomic mass is 35.5. The largest absolute Gasteiger partial charge is 0.353 e. The second-order valence-electron chi connectivity index (χ2n) is 6.44. The molecule has 1 N–H and O–H groups in total. The highest BCUT2D eigenvalue weighted by molar-refractivity contribution is 6.30. The molecule has 2 aliphatic rings. The van der Waals surface area contributed by atoms with Crippen LogP contribution in [-0.4, -0.2) is 60.4 Å². The van der Waals surface area contributed by atoms with Crippen molar-refractivity contribution in [3.05, 3.63) is 34.9 Å². The van der Waals surface area contributed by atoms with E-state index in [1.807, 2.05) is 17.0 Å². The zero-order chi connectivity index (χ0) is 17.1. The maximum Gasteiger partial charge on any atom is 0.219 e. The van der Waals surface area contributed by atoms with Gasteiger partial charge in [0.15, 0.2) is 5.96 Å². The average molecular weight is 349 g/mol. The molecule has 0 aromatic heterocycles. The number of amides is 1. The van der Waals surface area contributed by atoms with Gasteiger partial charge in [-0.25, -0.2) is 0 Å². The summed E-state index contributed by atoms with van der Waals surface area (Å²) < 4.78 is 0. The Morgan fingerprint density at radius 1 is 1.29 bits per heavy atom. The minimum absolute atomic E-state index is 0.153. The molecule has 2 unspecified atom stereocenters. The number of hydrogen-bond acceptors (Lipinski definition) is 2. The van der Waals surface area contributed by atoms with E-state index in [1.54, 1.807) is 6.92 Å². The molecule has 24 heavy (non-hydrogen) atoms. The Kier molecular flexibility index (Phi) is 5.29. The van der Waals surface area contributed by atoms with Gasteiger partial charge in [-0.3, -0.25) is 9.79 Å². The summed E-state index contributed by atoms with van der Waals surface area (Å²) in [6, 6.07) is 8.53. The first-order valence-corrected chi connectivity index (χ1v) is 9.03. The molecule has 1 aromatic carbocycles. The molecular formula is C18H25ClN4O. The third kappa shape index (κ3) is 4.01. The molecule has 2 atom stereocenters. The first-order valence-electron chi connectivity index (χ1n) is 8.65. The predicted octanol–water partition coefficient (Wildman–Crippen LogP) is 2.33. The fourth-order valence-corrected chi connectivity index (χ4v) is 3.44. The van der Waals surface area contributed by atoms with E-state index in [-0.39, 0.29) is 5.91 Å². The Morgan fingerprint density at radius 3 is 2.62 bits per heavy atom. The number of aliphatic imine (C=N–C) groups is 1. The molecule has 2 fully saturated rings. The first kappa shape index (κ1) is 17.1. The van der Waals surface area contributed by atoms with Gasteiger partial charge in [0.05, 0.1) is 0 Å². The lowest BCUT2D eigenvalue weighted by molar-refractivity contribution is -0.130. The third-order valence-electron chi connectivity index (χ3n) is 4.71. The van der Waals surface area contributed by atoms with Crippen molar-refractivity contribution in [2.24, 2.45) is 4.99 Å². The molecule has 0 spiro atoms. The van der Waals surface area contributed by atoms with Crippen LogP contribution in [0.5, 0.6) is 0 Å². The standard InChI is InChI=1S/C18H25ClN4O/c1-3-20-18(23-9-7-22(8-10-23)13(2)24)21-17-12-16(17)14-5-4-6-15(19)11-14/h4-6,11,16-17H,3,7-10,12H2,1-2H3,(H,20,21). The van der Waals surface area contributed by atoms with E-state index in [1.165, 1.54) is 5.56 Å². The number of piperazine rings is 1. The first-order chi connectivity index (χ1) is 11.6. The van der Waals surface area contributed by atoms with Crippen molar-refractivity contribution in [1.29, 1.82) is 0 Å². The number of carbonyl (C=O) groups is 1. The smallest absolute Gasteiger partial charge is 0.219 e. The van der Waals surface area contributed by atoms with Crippen molar-refractivity contribution in [1.82, 2.24) is 15.1 Å². The van der Waals surface area contributed by atoms with Crippen molar-refractivity contribution in [3.63, 3.8) is 0 Å². The van der Waals surface area contributed by atoms with Crippen LogP contribution in [0, 0.1) is 0 Å². The molecule has 1 amide bonds. The molecular weight excluding hydrogens is 324 g/mol. The van der Waals surface area contributed by atoms with Gasteiger partial charge in [0.1, 0.15) is 0 Å². The van der Waals surface area contributed by atoms with Gasteiger partial charge in [-0.05, 0) is 31.0 Å². The van der Waals surface area contributed by atoms with E-state index in [0.29, 0.717) is 12.0 Å². The quantitative estimate of drug-likeness (QED) is 0.673. The number of benzene rings is 1. The van der Waals surface area contributed by atoms with Crippen LogP contribution in [-0.2, 0) is 4.79 Å². The Labute approximate surface area is 148 Å². The fraction of sp³-hybridized carbons (Fsp3) is 0.556. The van der Waals surface area contributed by atoms with Crippen LogP contribution in [0.15, 0.2) is 29.3 Å². The van der Waals surface area contributed by atoms with Crippen LogP contribution < -0.4 is 5.32 Å². The Morgan fingerprint density at radius 2 is 2.00 bits per heavy atom. The van der Waals surface area contributed by atoms with Crippen LogP contribution in [0.2, 0.25) is 5.02 Å². The van der Waals surface area contributed by atoms with Gasteiger partial charge in [-0.1, -0.05) is 23.7 Å². The summed E-state index contributed by atoms with van der Waals surface area (Å²) in [5.74, 6) is 1.62. The van der Waals surface area contributed by atoms with Crippen LogP contribution in [0.3, 0.4) is 0 Å². The third-order valence-corrected chi connectivity index (χ3v) is 4.95. The van der Waals surface area contributed by atoms with Crippen molar-refractivity contribution in [3.8, 4) is 0 Å². The lowest BCUT2D eigenvalue weighted by Gasteiger charge is -2.36. The number of nitrogens with one attached hydrogen (secondary N) is 1. The lowest BCUT2D eigenvalue weighted by atomic mass is 10.1. The van der Waals surface area contributed by atoms with Crippen LogP contribution >= 0.6 is 11.6 Å². The van der Waals surface area contributed by atoms with Gasteiger partial charge in [0.25, 0.3) is 0 Å². The number of guanidine groups is 1. The molecule has 1 aliphatic heterocycles. The van der Waals surface area contributed by atoms with E-state index < -0.39 is 0 Å². The van der Waals surface area contributed by atoms with E-state index >= 15 is 0 Å². The molecule has 1 saturated carbocycles. The second kappa shape index (κ2) is 7.43. The zero-order valence-electron chi connectivity index (χ0n) is 14.3. The fourth-order valence-electron chi connectivity index (χ4n) is 3.25. The summed E-state index contributed by atoms with van der Waals surface area (Å²) in [7, 11) is 0. The summed E-state index contributed by atoms with van der Waals surface area (Å²) in [4.78, 5) is 20.3. The van der Waals surface area contributed by atoms with Crippen molar-refractivity contribution in [2.45, 2.75) is 32.2 Å². The second-order valence-corrected chi connectivity index (χ2v) is 6.88. The summed E-state index contributed by atoms with van der Waals surface area (Å²) >= 11 is 6.10. The zero-order valence-corrected chi connectivity index (χ0v) is 15.1. The molecule has 1 saturated heterocycles. The summed E-state index contributed by atoms with van der Waals surface area (Å²) in [5.41, 5.74) is 1.29. The number of rotatable bonds is 3. The number of hydrogen-bond donors (Lipinski definition) is 1. The van der Waals surface area contributed by atoms with Crippen LogP contribution in [0.4, 0.5) is 0 Å². The number of nitrogens with zero attached hydrogens (tertiary/aromatic N) is 3.